The third-order valence-electron chi connectivity index (χ3n) is 2.77. The molecular weight excluding hydrogens is 166 g/mol. The van der Waals surface area contributed by atoms with Crippen molar-refractivity contribution in [2.45, 2.75) is 25.7 Å². The van der Waals surface area contributed by atoms with Gasteiger partial charge < -0.3 is 5.73 Å². The van der Waals surface area contributed by atoms with Crippen molar-refractivity contribution < 1.29 is 0 Å². The van der Waals surface area contributed by atoms with E-state index >= 15 is 0 Å². The SMILES string of the molecule is NCC1CCc2ccsc2CC1. The minimum atomic E-state index is 0.768. The molecule has 1 unspecified atom stereocenters. The molecule has 66 valence electrons. The average Bonchev–Trinajstić information content (AvgIpc) is 2.46. The Bertz CT molecular complexity index is 232. The van der Waals surface area contributed by atoms with Crippen molar-refractivity contribution in [2.24, 2.45) is 11.7 Å². The highest BCUT2D eigenvalue weighted by Crippen LogP contribution is 2.27. The summed E-state index contributed by atoms with van der Waals surface area (Å²) in [7, 11) is 0. The van der Waals surface area contributed by atoms with Gasteiger partial charge in [0.15, 0.2) is 0 Å². The first-order chi connectivity index (χ1) is 5.90. The van der Waals surface area contributed by atoms with Crippen LogP contribution in [0.25, 0.3) is 0 Å². The molecule has 12 heavy (non-hydrogen) atoms. The van der Waals surface area contributed by atoms with Crippen molar-refractivity contribution in [3.05, 3.63) is 21.9 Å². The number of aryl methyl sites for hydroxylation is 2. The molecule has 1 heterocycles. The Morgan fingerprint density at radius 3 is 3.08 bits per heavy atom. The van der Waals surface area contributed by atoms with E-state index in [0.717, 1.165) is 12.5 Å². The van der Waals surface area contributed by atoms with Gasteiger partial charge in [-0.25, -0.2) is 0 Å². The summed E-state index contributed by atoms with van der Waals surface area (Å²) in [5.74, 6) is 0.768. The van der Waals surface area contributed by atoms with Crippen molar-refractivity contribution >= 4 is 11.3 Å². The molecule has 0 saturated heterocycles. The summed E-state index contributed by atoms with van der Waals surface area (Å²) in [4.78, 5) is 1.60. The maximum atomic E-state index is 5.68. The molecule has 0 amide bonds. The topological polar surface area (TPSA) is 26.0 Å². The van der Waals surface area contributed by atoms with Gasteiger partial charge in [0.1, 0.15) is 0 Å². The predicted octanol–water partition coefficient (Wildman–Crippen LogP) is 2.20. The van der Waals surface area contributed by atoms with Crippen molar-refractivity contribution in [3.63, 3.8) is 0 Å². The minimum absolute atomic E-state index is 0.768. The van der Waals surface area contributed by atoms with Gasteiger partial charge in [-0.15, -0.1) is 11.3 Å². The first kappa shape index (κ1) is 8.27. The Kier molecular flexibility index (Phi) is 2.47. The fourth-order valence-electron chi connectivity index (χ4n) is 1.88. The molecule has 0 fully saturated rings. The van der Waals surface area contributed by atoms with Crippen LogP contribution in [0.1, 0.15) is 23.3 Å². The van der Waals surface area contributed by atoms with Crippen molar-refractivity contribution in [2.75, 3.05) is 6.54 Å². The molecule has 1 aliphatic carbocycles. The van der Waals surface area contributed by atoms with E-state index in [1.165, 1.54) is 25.7 Å². The Morgan fingerprint density at radius 2 is 2.25 bits per heavy atom. The number of fused-ring (bicyclic) bond motifs is 1. The van der Waals surface area contributed by atoms with Gasteiger partial charge in [-0.3, -0.25) is 0 Å². The molecule has 1 atom stereocenters. The van der Waals surface area contributed by atoms with Crippen molar-refractivity contribution in [3.8, 4) is 0 Å². The maximum absolute atomic E-state index is 5.68. The van der Waals surface area contributed by atoms with E-state index in [-0.39, 0.29) is 0 Å². The second-order valence-electron chi connectivity index (χ2n) is 3.55. The highest BCUT2D eigenvalue weighted by Gasteiger charge is 2.15. The van der Waals surface area contributed by atoms with Gasteiger partial charge in [0, 0.05) is 4.88 Å². The average molecular weight is 181 g/mol. The summed E-state index contributed by atoms with van der Waals surface area (Å²) in [5.41, 5.74) is 7.26. The van der Waals surface area contributed by atoms with E-state index in [1.54, 1.807) is 10.4 Å². The van der Waals surface area contributed by atoms with Crippen LogP contribution in [0.4, 0.5) is 0 Å². The van der Waals surface area contributed by atoms with Gasteiger partial charge >= 0.3 is 0 Å². The van der Waals surface area contributed by atoms with Crippen LogP contribution in [0, 0.1) is 5.92 Å². The van der Waals surface area contributed by atoms with E-state index in [9.17, 15) is 0 Å². The largest absolute Gasteiger partial charge is 0.330 e. The lowest BCUT2D eigenvalue weighted by molar-refractivity contribution is 0.476. The molecule has 1 aromatic heterocycles. The van der Waals surface area contributed by atoms with Crippen LogP contribution in [-0.4, -0.2) is 6.54 Å². The summed E-state index contributed by atoms with van der Waals surface area (Å²) in [6, 6.07) is 2.28. The highest BCUT2D eigenvalue weighted by atomic mass is 32.1. The molecule has 0 radical (unpaired) electrons. The summed E-state index contributed by atoms with van der Waals surface area (Å²) in [6.07, 6.45) is 5.10. The monoisotopic (exact) mass is 181 g/mol. The van der Waals surface area contributed by atoms with E-state index in [2.05, 4.69) is 11.4 Å². The molecule has 0 saturated carbocycles. The lowest BCUT2D eigenvalue weighted by Crippen LogP contribution is -2.14. The first-order valence-electron chi connectivity index (χ1n) is 4.65. The smallest absolute Gasteiger partial charge is 0.00773 e. The Balaban J connectivity index is 2.10. The van der Waals surface area contributed by atoms with Crippen LogP contribution < -0.4 is 5.73 Å². The molecule has 2 heteroatoms. The number of hydrogen-bond donors (Lipinski definition) is 1. The van der Waals surface area contributed by atoms with Gasteiger partial charge in [-0.1, -0.05) is 0 Å². The molecule has 0 spiro atoms. The zero-order valence-corrected chi connectivity index (χ0v) is 8.07. The molecule has 2 rings (SSSR count). The third-order valence-corrected chi connectivity index (χ3v) is 3.80. The van der Waals surface area contributed by atoms with Crippen LogP contribution in [0.5, 0.6) is 0 Å². The van der Waals surface area contributed by atoms with Gasteiger partial charge in [0.25, 0.3) is 0 Å². The second kappa shape index (κ2) is 3.58. The quantitative estimate of drug-likeness (QED) is 0.660. The molecule has 1 nitrogen and oxygen atoms in total. The Hall–Kier alpha value is -0.340. The van der Waals surface area contributed by atoms with Gasteiger partial charge in [-0.05, 0) is 55.2 Å². The highest BCUT2D eigenvalue weighted by molar-refractivity contribution is 7.10. The van der Waals surface area contributed by atoms with E-state index in [1.807, 2.05) is 11.3 Å². The van der Waals surface area contributed by atoms with Gasteiger partial charge in [0.2, 0.25) is 0 Å². The van der Waals surface area contributed by atoms with E-state index in [4.69, 9.17) is 5.73 Å². The summed E-state index contributed by atoms with van der Waals surface area (Å²) in [5, 5.41) is 2.22. The van der Waals surface area contributed by atoms with Crippen molar-refractivity contribution in [1.82, 2.24) is 0 Å². The number of hydrogen-bond acceptors (Lipinski definition) is 2. The molecular formula is C10H15NS. The van der Waals surface area contributed by atoms with Gasteiger partial charge in [-0.2, -0.15) is 0 Å². The van der Waals surface area contributed by atoms with Gasteiger partial charge in [0.05, 0.1) is 0 Å². The summed E-state index contributed by atoms with van der Waals surface area (Å²) in [6.45, 7) is 0.870. The normalized spacial score (nSPS) is 23.2. The number of nitrogens with two attached hydrogens (primary N) is 1. The zero-order valence-electron chi connectivity index (χ0n) is 7.25. The lowest BCUT2D eigenvalue weighted by Gasteiger charge is -2.08. The Morgan fingerprint density at radius 1 is 1.42 bits per heavy atom. The second-order valence-corrected chi connectivity index (χ2v) is 4.55. The minimum Gasteiger partial charge on any atom is -0.330 e. The van der Waals surface area contributed by atoms with E-state index < -0.39 is 0 Å². The standard InChI is InChI=1S/C10H15NS/c11-7-8-1-3-9-5-6-12-10(9)4-2-8/h5-6,8H,1-4,7,11H2. The summed E-state index contributed by atoms with van der Waals surface area (Å²) < 4.78 is 0. The molecule has 0 aliphatic heterocycles. The zero-order chi connectivity index (χ0) is 8.39. The van der Waals surface area contributed by atoms with Crippen LogP contribution in [0.15, 0.2) is 11.4 Å². The van der Waals surface area contributed by atoms with E-state index in [0.29, 0.717) is 0 Å². The van der Waals surface area contributed by atoms with Crippen LogP contribution in [0.3, 0.4) is 0 Å². The van der Waals surface area contributed by atoms with Crippen LogP contribution in [0.2, 0.25) is 0 Å². The molecule has 2 N–H and O–H groups in total. The molecule has 0 bridgehead atoms. The number of rotatable bonds is 1. The summed E-state index contributed by atoms with van der Waals surface area (Å²) >= 11 is 1.91. The Labute approximate surface area is 77.6 Å². The maximum Gasteiger partial charge on any atom is 0.00773 e. The predicted molar refractivity (Wildman–Crippen MR) is 53.5 cm³/mol. The van der Waals surface area contributed by atoms with Crippen molar-refractivity contribution in [1.29, 1.82) is 0 Å². The molecule has 0 aromatic carbocycles. The van der Waals surface area contributed by atoms with Crippen LogP contribution >= 0.6 is 11.3 Å². The lowest BCUT2D eigenvalue weighted by atomic mass is 10.0. The first-order valence-corrected chi connectivity index (χ1v) is 5.53. The molecule has 1 aliphatic rings. The number of thiophene rings is 1. The fraction of sp³-hybridized carbons (Fsp3) is 0.600. The van der Waals surface area contributed by atoms with Crippen LogP contribution in [-0.2, 0) is 12.8 Å². The fourth-order valence-corrected chi connectivity index (χ4v) is 2.84. The third kappa shape index (κ3) is 1.54. The molecule has 1 aromatic rings.